The number of hydrogen-bond donors (Lipinski definition) is 0. The number of carbonyl (C=O) groups is 2. The third kappa shape index (κ3) is 2.76. The molecule has 2 aliphatic rings. The molecule has 0 aromatic carbocycles. The maximum Gasteiger partial charge on any atom is 0.254 e. The van der Waals surface area contributed by atoms with Crippen LogP contribution in [0, 0.1) is 0 Å². The number of nitrogens with zero attached hydrogens (tertiary/aromatic N) is 3. The second-order valence-electron chi connectivity index (χ2n) is 5.46. The first kappa shape index (κ1) is 14.0. The second kappa shape index (κ2) is 5.81. The van der Waals surface area contributed by atoms with E-state index in [4.69, 9.17) is 4.74 Å². The molecule has 2 fully saturated rings. The molecule has 2 amide bonds. The van der Waals surface area contributed by atoms with Gasteiger partial charge >= 0.3 is 0 Å². The summed E-state index contributed by atoms with van der Waals surface area (Å²) in [6, 6.07) is 3.40. The predicted octanol–water partition coefficient (Wildman–Crippen LogP) is 0.543. The van der Waals surface area contributed by atoms with Gasteiger partial charge in [0.05, 0.1) is 18.8 Å². The van der Waals surface area contributed by atoms with Crippen molar-refractivity contribution in [1.82, 2.24) is 14.8 Å². The van der Waals surface area contributed by atoms with Gasteiger partial charge in [0.15, 0.2) is 0 Å². The van der Waals surface area contributed by atoms with Crippen LogP contribution in [0.3, 0.4) is 0 Å². The van der Waals surface area contributed by atoms with Gasteiger partial charge in [0.2, 0.25) is 5.91 Å². The van der Waals surface area contributed by atoms with Crippen molar-refractivity contribution in [3.8, 4) is 0 Å². The average molecular weight is 289 g/mol. The Morgan fingerprint density at radius 3 is 2.76 bits per heavy atom. The lowest BCUT2D eigenvalue weighted by Gasteiger charge is -2.46. The number of likely N-dealkylation sites (tertiary alicyclic amines) is 1. The van der Waals surface area contributed by atoms with Gasteiger partial charge in [-0.2, -0.15) is 0 Å². The van der Waals surface area contributed by atoms with Gasteiger partial charge in [0.1, 0.15) is 0 Å². The molecule has 0 unspecified atom stereocenters. The van der Waals surface area contributed by atoms with Crippen molar-refractivity contribution in [2.45, 2.75) is 25.5 Å². The van der Waals surface area contributed by atoms with Crippen LogP contribution in [0.25, 0.3) is 0 Å². The number of ether oxygens (including phenoxy) is 1. The number of pyridine rings is 1. The Morgan fingerprint density at radius 2 is 2.05 bits per heavy atom. The molecule has 3 rings (SSSR count). The van der Waals surface area contributed by atoms with Crippen LogP contribution in [0.15, 0.2) is 24.5 Å². The van der Waals surface area contributed by atoms with Crippen LogP contribution in [-0.2, 0) is 9.53 Å². The van der Waals surface area contributed by atoms with Crippen LogP contribution in [-0.4, -0.2) is 65.0 Å². The lowest BCUT2D eigenvalue weighted by Crippen LogP contribution is -2.61. The Balaban J connectivity index is 1.75. The van der Waals surface area contributed by atoms with E-state index in [1.807, 2.05) is 4.90 Å². The highest BCUT2D eigenvalue weighted by molar-refractivity contribution is 5.94. The molecule has 3 heterocycles. The second-order valence-corrected chi connectivity index (χ2v) is 5.46. The maximum absolute atomic E-state index is 12.5. The highest BCUT2D eigenvalue weighted by Crippen LogP contribution is 2.24. The Hall–Kier alpha value is -1.95. The molecule has 0 aliphatic carbocycles. The fourth-order valence-electron chi connectivity index (χ4n) is 3.12. The van der Waals surface area contributed by atoms with Gasteiger partial charge in [-0.1, -0.05) is 0 Å². The van der Waals surface area contributed by atoms with Crippen LogP contribution >= 0.6 is 0 Å². The molecular formula is C15H19N3O3. The van der Waals surface area contributed by atoms with Crippen molar-refractivity contribution in [2.24, 2.45) is 0 Å². The van der Waals surface area contributed by atoms with Crippen molar-refractivity contribution >= 4 is 11.8 Å². The first-order valence-electron chi connectivity index (χ1n) is 7.25. The molecule has 2 atom stereocenters. The summed E-state index contributed by atoms with van der Waals surface area (Å²) in [5.74, 6) is 0.0384. The van der Waals surface area contributed by atoms with Gasteiger partial charge in [0.25, 0.3) is 5.91 Å². The smallest absolute Gasteiger partial charge is 0.254 e. The Labute approximate surface area is 123 Å². The van der Waals surface area contributed by atoms with Crippen LogP contribution in [0.1, 0.15) is 23.7 Å². The number of fused-ring (bicyclic) bond motifs is 1. The molecule has 0 radical (unpaired) electrons. The number of morpholine rings is 1. The van der Waals surface area contributed by atoms with E-state index in [9.17, 15) is 9.59 Å². The number of rotatable bonds is 1. The Morgan fingerprint density at radius 1 is 1.29 bits per heavy atom. The Bertz CT molecular complexity index is 534. The molecule has 6 nitrogen and oxygen atoms in total. The van der Waals surface area contributed by atoms with E-state index < -0.39 is 0 Å². The number of amides is 2. The fourth-order valence-corrected chi connectivity index (χ4v) is 3.12. The normalized spacial score (nSPS) is 25.4. The van der Waals surface area contributed by atoms with E-state index in [0.29, 0.717) is 31.8 Å². The molecule has 2 aliphatic heterocycles. The van der Waals surface area contributed by atoms with Crippen LogP contribution < -0.4 is 0 Å². The fraction of sp³-hybridized carbons (Fsp3) is 0.533. The Kier molecular flexibility index (Phi) is 3.88. The number of hydrogen-bond acceptors (Lipinski definition) is 4. The molecule has 2 saturated heterocycles. The predicted molar refractivity (Wildman–Crippen MR) is 75.7 cm³/mol. The quantitative estimate of drug-likeness (QED) is 0.757. The average Bonchev–Trinajstić information content (AvgIpc) is 2.53. The monoisotopic (exact) mass is 289 g/mol. The summed E-state index contributed by atoms with van der Waals surface area (Å²) >= 11 is 0. The number of aromatic nitrogens is 1. The first-order valence-corrected chi connectivity index (χ1v) is 7.25. The zero-order valence-corrected chi connectivity index (χ0v) is 12.1. The topological polar surface area (TPSA) is 62.7 Å². The zero-order valence-electron chi connectivity index (χ0n) is 12.1. The van der Waals surface area contributed by atoms with E-state index >= 15 is 0 Å². The van der Waals surface area contributed by atoms with Gasteiger partial charge in [-0.25, -0.2) is 0 Å². The maximum atomic E-state index is 12.5. The van der Waals surface area contributed by atoms with Crippen molar-refractivity contribution in [1.29, 1.82) is 0 Å². The lowest BCUT2D eigenvalue weighted by atomic mass is 9.98. The number of carbonyl (C=O) groups excluding carboxylic acids is 2. The zero-order chi connectivity index (χ0) is 14.8. The van der Waals surface area contributed by atoms with Gasteiger partial charge in [-0.05, 0) is 18.6 Å². The van der Waals surface area contributed by atoms with E-state index in [-0.39, 0.29) is 24.0 Å². The molecule has 21 heavy (non-hydrogen) atoms. The van der Waals surface area contributed by atoms with Gasteiger partial charge in [0, 0.05) is 44.5 Å². The summed E-state index contributed by atoms with van der Waals surface area (Å²) in [5.41, 5.74) is 0.634. The summed E-state index contributed by atoms with van der Waals surface area (Å²) < 4.78 is 5.75. The number of piperidine rings is 1. The highest BCUT2D eigenvalue weighted by atomic mass is 16.5. The minimum atomic E-state index is -0.0317. The molecule has 0 N–H and O–H groups in total. The molecule has 0 saturated carbocycles. The highest BCUT2D eigenvalue weighted by Gasteiger charge is 2.39. The minimum absolute atomic E-state index is 0.00933. The van der Waals surface area contributed by atoms with Gasteiger partial charge in [-0.3, -0.25) is 14.6 Å². The van der Waals surface area contributed by atoms with Crippen molar-refractivity contribution in [3.05, 3.63) is 30.1 Å². The third-order valence-corrected chi connectivity index (χ3v) is 4.20. The lowest BCUT2D eigenvalue weighted by molar-refractivity contribution is -0.149. The van der Waals surface area contributed by atoms with Crippen LogP contribution in [0.5, 0.6) is 0 Å². The molecule has 6 heteroatoms. The first-order chi connectivity index (χ1) is 10.2. The summed E-state index contributed by atoms with van der Waals surface area (Å²) in [6.07, 6.45) is 4.05. The standard InChI is InChI=1S/C15H19N3O3/c1-11(19)18-8-9-21-14-4-7-17(10-13(14)18)15(20)12-2-5-16-6-3-12/h2-3,5-6,13-14H,4,7-10H2,1H3/t13-,14-/m0/s1. The SMILES string of the molecule is CC(=O)N1CCO[C@H]2CCN(C(=O)c3ccncc3)C[C@@H]21. The third-order valence-electron chi connectivity index (χ3n) is 4.20. The summed E-state index contributed by atoms with van der Waals surface area (Å²) in [7, 11) is 0. The summed E-state index contributed by atoms with van der Waals surface area (Å²) in [6.45, 7) is 3.96. The van der Waals surface area contributed by atoms with Gasteiger partial charge < -0.3 is 14.5 Å². The summed E-state index contributed by atoms with van der Waals surface area (Å²) in [4.78, 5) is 31.8. The van der Waals surface area contributed by atoms with E-state index in [1.54, 1.807) is 36.4 Å². The molecule has 112 valence electrons. The molecular weight excluding hydrogens is 270 g/mol. The van der Waals surface area contributed by atoms with Crippen LogP contribution in [0.4, 0.5) is 0 Å². The summed E-state index contributed by atoms with van der Waals surface area (Å²) in [5, 5.41) is 0. The minimum Gasteiger partial charge on any atom is -0.374 e. The molecule has 1 aromatic rings. The largest absolute Gasteiger partial charge is 0.374 e. The van der Waals surface area contributed by atoms with Gasteiger partial charge in [-0.15, -0.1) is 0 Å². The van der Waals surface area contributed by atoms with Crippen LogP contribution in [0.2, 0.25) is 0 Å². The molecule has 1 aromatic heterocycles. The van der Waals surface area contributed by atoms with Crippen molar-refractivity contribution < 1.29 is 14.3 Å². The van der Waals surface area contributed by atoms with E-state index in [1.165, 1.54) is 0 Å². The van der Waals surface area contributed by atoms with E-state index in [0.717, 1.165) is 6.42 Å². The molecule has 0 bridgehead atoms. The van der Waals surface area contributed by atoms with Crippen molar-refractivity contribution in [2.75, 3.05) is 26.2 Å². The van der Waals surface area contributed by atoms with Crippen molar-refractivity contribution in [3.63, 3.8) is 0 Å². The molecule has 0 spiro atoms. The van der Waals surface area contributed by atoms with E-state index in [2.05, 4.69) is 4.98 Å².